The molecule has 98 valence electrons. The van der Waals surface area contributed by atoms with Gasteiger partial charge in [-0.3, -0.25) is 4.79 Å². The first kappa shape index (κ1) is 13.6. The van der Waals surface area contributed by atoms with Crippen LogP contribution in [0.1, 0.15) is 45.1 Å². The molecule has 0 bridgehead atoms. The number of carbonyl (C=O) groups is 1. The van der Waals surface area contributed by atoms with Crippen molar-refractivity contribution < 1.29 is 4.79 Å². The van der Waals surface area contributed by atoms with Gasteiger partial charge >= 0.3 is 0 Å². The van der Waals surface area contributed by atoms with Gasteiger partial charge in [-0.1, -0.05) is 35.0 Å². The number of rotatable bonds is 5. The average molecular weight is 310 g/mol. The molecule has 0 aliphatic heterocycles. The summed E-state index contributed by atoms with van der Waals surface area (Å²) in [7, 11) is 0. The molecule has 0 aromatic heterocycles. The number of nitrogens with one attached hydrogen (secondary N) is 1. The summed E-state index contributed by atoms with van der Waals surface area (Å²) >= 11 is 3.46. The van der Waals surface area contributed by atoms with Crippen molar-refractivity contribution in [2.75, 3.05) is 0 Å². The Morgan fingerprint density at radius 1 is 1.39 bits per heavy atom. The van der Waals surface area contributed by atoms with Crippen molar-refractivity contribution in [1.82, 2.24) is 5.32 Å². The van der Waals surface area contributed by atoms with E-state index in [1.807, 2.05) is 6.92 Å². The minimum atomic E-state index is 0.171. The highest BCUT2D eigenvalue weighted by molar-refractivity contribution is 9.10. The smallest absolute Gasteiger partial charge is 0.220 e. The van der Waals surface area contributed by atoms with E-state index in [1.54, 1.807) is 0 Å². The second-order valence-corrected chi connectivity index (χ2v) is 6.12. The zero-order valence-corrected chi connectivity index (χ0v) is 12.6. The van der Waals surface area contributed by atoms with E-state index >= 15 is 0 Å². The number of halogens is 1. The maximum absolute atomic E-state index is 11.7. The minimum Gasteiger partial charge on any atom is -0.353 e. The molecule has 2 nitrogen and oxygen atoms in total. The molecule has 1 aliphatic rings. The first-order valence-electron chi connectivity index (χ1n) is 6.64. The van der Waals surface area contributed by atoms with Crippen LogP contribution in [-0.2, 0) is 10.2 Å². The van der Waals surface area contributed by atoms with Crippen molar-refractivity contribution >= 4 is 21.8 Å². The third kappa shape index (κ3) is 2.77. The summed E-state index contributed by atoms with van der Waals surface area (Å²) in [5.74, 6) is 0.174. The Labute approximate surface area is 117 Å². The van der Waals surface area contributed by atoms with Crippen LogP contribution in [0.3, 0.4) is 0 Å². The van der Waals surface area contributed by atoms with Gasteiger partial charge < -0.3 is 5.32 Å². The highest BCUT2D eigenvalue weighted by Gasteiger charge is 2.49. The summed E-state index contributed by atoms with van der Waals surface area (Å²) in [6, 6.07) is 8.71. The largest absolute Gasteiger partial charge is 0.353 e. The molecule has 1 N–H and O–H groups in total. The lowest BCUT2D eigenvalue weighted by atomic mass is 9.89. The molecule has 1 unspecified atom stereocenters. The lowest BCUT2D eigenvalue weighted by Gasteiger charge is -2.25. The Morgan fingerprint density at radius 3 is 2.50 bits per heavy atom. The molecule has 0 radical (unpaired) electrons. The number of benzene rings is 1. The summed E-state index contributed by atoms with van der Waals surface area (Å²) in [6.07, 6.45) is 3.87. The van der Waals surface area contributed by atoms with E-state index < -0.39 is 0 Å². The molecule has 1 aromatic carbocycles. The predicted octanol–water partition coefficient (Wildman–Crippen LogP) is 3.79. The van der Waals surface area contributed by atoms with Crippen molar-refractivity contribution in [2.45, 2.75) is 51.0 Å². The van der Waals surface area contributed by atoms with Gasteiger partial charge in [0.2, 0.25) is 5.91 Å². The van der Waals surface area contributed by atoms with Crippen LogP contribution in [0.2, 0.25) is 0 Å². The van der Waals surface area contributed by atoms with Gasteiger partial charge in [0.15, 0.2) is 0 Å². The first-order valence-corrected chi connectivity index (χ1v) is 7.43. The molecular weight excluding hydrogens is 290 g/mol. The van der Waals surface area contributed by atoms with Gasteiger partial charge in [0.1, 0.15) is 0 Å². The van der Waals surface area contributed by atoms with Crippen LogP contribution in [0.15, 0.2) is 28.7 Å². The maximum Gasteiger partial charge on any atom is 0.220 e. The molecule has 1 amide bonds. The second kappa shape index (κ2) is 5.43. The molecule has 18 heavy (non-hydrogen) atoms. The molecule has 3 heteroatoms. The van der Waals surface area contributed by atoms with Crippen molar-refractivity contribution in [2.24, 2.45) is 0 Å². The Kier molecular flexibility index (Phi) is 4.10. The van der Waals surface area contributed by atoms with Crippen LogP contribution in [0, 0.1) is 0 Å². The molecular formula is C15H20BrNO. The topological polar surface area (TPSA) is 29.1 Å². The molecule has 2 rings (SSSR count). The first-order chi connectivity index (χ1) is 8.58. The van der Waals surface area contributed by atoms with Crippen LogP contribution in [0.4, 0.5) is 0 Å². The van der Waals surface area contributed by atoms with E-state index in [4.69, 9.17) is 0 Å². The number of carbonyl (C=O) groups excluding carboxylic acids is 1. The third-order valence-electron chi connectivity index (χ3n) is 3.89. The molecule has 1 aromatic rings. The van der Waals surface area contributed by atoms with Crippen LogP contribution in [0.5, 0.6) is 0 Å². The number of hydrogen-bond acceptors (Lipinski definition) is 1. The van der Waals surface area contributed by atoms with E-state index in [0.717, 1.165) is 10.9 Å². The molecule has 1 fully saturated rings. The molecule has 1 saturated carbocycles. The highest BCUT2D eigenvalue weighted by Crippen LogP contribution is 2.51. The lowest BCUT2D eigenvalue weighted by Crippen LogP contribution is -2.41. The van der Waals surface area contributed by atoms with Gasteiger partial charge in [0.05, 0.1) is 0 Å². The van der Waals surface area contributed by atoms with Gasteiger partial charge in [0, 0.05) is 22.4 Å². The van der Waals surface area contributed by atoms with Gasteiger partial charge in [-0.2, -0.15) is 0 Å². The maximum atomic E-state index is 11.7. The van der Waals surface area contributed by atoms with Gasteiger partial charge in [-0.05, 0) is 43.9 Å². The van der Waals surface area contributed by atoms with E-state index in [1.165, 1.54) is 18.4 Å². The molecule has 1 aliphatic carbocycles. The second-order valence-electron chi connectivity index (χ2n) is 5.20. The summed E-state index contributed by atoms with van der Waals surface area (Å²) in [6.45, 7) is 4.16. The third-order valence-corrected chi connectivity index (χ3v) is 4.42. The molecule has 0 heterocycles. The fraction of sp³-hybridized carbons (Fsp3) is 0.533. The lowest BCUT2D eigenvalue weighted by molar-refractivity contribution is -0.121. The average Bonchev–Trinajstić information content (AvgIpc) is 3.11. The molecule has 0 saturated heterocycles. The molecule has 0 spiro atoms. The normalized spacial score (nSPS) is 18.2. The van der Waals surface area contributed by atoms with Gasteiger partial charge in [-0.15, -0.1) is 0 Å². The Balaban J connectivity index is 2.07. The standard InChI is InChI=1S/C15H20BrNO/c1-3-4-14(18)17-11(2)15(9-10-15)12-5-7-13(16)8-6-12/h5-8,11H,3-4,9-10H2,1-2H3,(H,17,18). The van der Waals surface area contributed by atoms with Gasteiger partial charge in [0.25, 0.3) is 0 Å². The summed E-state index contributed by atoms with van der Waals surface area (Å²) in [5.41, 5.74) is 1.51. The van der Waals surface area contributed by atoms with E-state index in [9.17, 15) is 4.79 Å². The number of amides is 1. The monoisotopic (exact) mass is 309 g/mol. The van der Waals surface area contributed by atoms with Crippen LogP contribution in [0.25, 0.3) is 0 Å². The summed E-state index contributed by atoms with van der Waals surface area (Å²) in [5, 5.41) is 3.15. The quantitative estimate of drug-likeness (QED) is 0.881. The summed E-state index contributed by atoms with van der Waals surface area (Å²) in [4.78, 5) is 11.7. The Bertz CT molecular complexity index is 423. The SMILES string of the molecule is CCCC(=O)NC(C)C1(c2ccc(Br)cc2)CC1. The Morgan fingerprint density at radius 2 is 2.00 bits per heavy atom. The Hall–Kier alpha value is -0.830. The highest BCUT2D eigenvalue weighted by atomic mass is 79.9. The van der Waals surface area contributed by atoms with Gasteiger partial charge in [-0.25, -0.2) is 0 Å². The zero-order valence-electron chi connectivity index (χ0n) is 11.0. The van der Waals surface area contributed by atoms with Crippen molar-refractivity contribution in [1.29, 1.82) is 0 Å². The fourth-order valence-corrected chi connectivity index (χ4v) is 2.83. The van der Waals surface area contributed by atoms with E-state index in [-0.39, 0.29) is 17.4 Å². The fourth-order valence-electron chi connectivity index (χ4n) is 2.57. The molecule has 1 atom stereocenters. The van der Waals surface area contributed by atoms with E-state index in [0.29, 0.717) is 6.42 Å². The zero-order chi connectivity index (χ0) is 13.2. The van der Waals surface area contributed by atoms with Crippen LogP contribution in [-0.4, -0.2) is 11.9 Å². The van der Waals surface area contributed by atoms with Crippen molar-refractivity contribution in [3.05, 3.63) is 34.3 Å². The predicted molar refractivity (Wildman–Crippen MR) is 77.6 cm³/mol. The van der Waals surface area contributed by atoms with Crippen LogP contribution < -0.4 is 5.32 Å². The van der Waals surface area contributed by atoms with Crippen LogP contribution >= 0.6 is 15.9 Å². The number of hydrogen-bond donors (Lipinski definition) is 1. The van der Waals surface area contributed by atoms with Crippen molar-refractivity contribution in [3.63, 3.8) is 0 Å². The van der Waals surface area contributed by atoms with E-state index in [2.05, 4.69) is 52.4 Å². The van der Waals surface area contributed by atoms with Crippen molar-refractivity contribution in [3.8, 4) is 0 Å². The minimum absolute atomic E-state index is 0.171. The summed E-state index contributed by atoms with van der Waals surface area (Å²) < 4.78 is 1.10.